The Kier molecular flexibility index (Phi) is 4.02. The van der Waals surface area contributed by atoms with Crippen LogP contribution in [0.3, 0.4) is 0 Å². The summed E-state index contributed by atoms with van der Waals surface area (Å²) in [5.74, 6) is 0.397. The van der Waals surface area contributed by atoms with E-state index in [1.165, 1.54) is 13.2 Å². The second-order valence-electron chi connectivity index (χ2n) is 4.33. The number of hydrogen-bond donors (Lipinski definition) is 3. The summed E-state index contributed by atoms with van der Waals surface area (Å²) < 4.78 is 10.6. The molecule has 1 aliphatic heterocycles. The number of ether oxygens (including phenoxy) is 2. The largest absolute Gasteiger partial charge is 0.496 e. The number of nitrogens with zero attached hydrogens (tertiary/aromatic N) is 1. The molecule has 4 atom stereocenters. The fourth-order valence-electron chi connectivity index (χ4n) is 2.17. The Hall–Kier alpha value is -1.65. The minimum Gasteiger partial charge on any atom is -0.496 e. The van der Waals surface area contributed by atoms with Crippen LogP contribution in [0.5, 0.6) is 5.75 Å². The zero-order valence-corrected chi connectivity index (χ0v) is 10.4. The number of benzene rings is 1. The van der Waals surface area contributed by atoms with Crippen LogP contribution in [0.4, 0.5) is 0 Å². The number of rotatable bonds is 3. The van der Waals surface area contributed by atoms with Gasteiger partial charge in [0.1, 0.15) is 30.2 Å². The van der Waals surface area contributed by atoms with Crippen molar-refractivity contribution in [1.82, 2.24) is 0 Å². The topological polar surface area (TPSA) is 103 Å². The van der Waals surface area contributed by atoms with E-state index in [2.05, 4.69) is 0 Å². The summed E-state index contributed by atoms with van der Waals surface area (Å²) in [4.78, 5) is 0. The second kappa shape index (κ2) is 5.55. The van der Waals surface area contributed by atoms with Crippen molar-refractivity contribution in [3.63, 3.8) is 0 Å². The molecule has 0 spiro atoms. The van der Waals surface area contributed by atoms with Crippen LogP contribution in [-0.2, 0) is 4.74 Å². The van der Waals surface area contributed by atoms with Gasteiger partial charge in [0.2, 0.25) is 0 Å². The first kappa shape index (κ1) is 13.8. The Morgan fingerprint density at radius 2 is 2.11 bits per heavy atom. The normalized spacial score (nSPS) is 30.1. The lowest BCUT2D eigenvalue weighted by Gasteiger charge is -2.18. The Balaban J connectivity index is 2.35. The van der Waals surface area contributed by atoms with Gasteiger partial charge >= 0.3 is 0 Å². The van der Waals surface area contributed by atoms with Crippen molar-refractivity contribution in [2.75, 3.05) is 13.7 Å². The van der Waals surface area contributed by atoms with Crippen molar-refractivity contribution in [3.05, 3.63) is 29.3 Å². The SMILES string of the molecule is COc1cc(C#N)ccc1[C@@H]1O[C@H](CO)C(O)C1O. The van der Waals surface area contributed by atoms with Gasteiger partial charge in [-0.15, -0.1) is 0 Å². The summed E-state index contributed by atoms with van der Waals surface area (Å²) in [6.45, 7) is -0.382. The summed E-state index contributed by atoms with van der Waals surface area (Å²) >= 11 is 0. The Labute approximate surface area is 110 Å². The molecule has 1 heterocycles. The highest BCUT2D eigenvalue weighted by Crippen LogP contribution is 2.38. The fraction of sp³-hybridized carbons (Fsp3) is 0.462. The molecule has 1 aliphatic rings. The minimum atomic E-state index is -1.16. The Morgan fingerprint density at radius 3 is 2.63 bits per heavy atom. The van der Waals surface area contributed by atoms with Crippen LogP contribution in [0.25, 0.3) is 0 Å². The van der Waals surface area contributed by atoms with E-state index < -0.39 is 24.4 Å². The van der Waals surface area contributed by atoms with E-state index in [9.17, 15) is 10.2 Å². The van der Waals surface area contributed by atoms with Crippen LogP contribution < -0.4 is 4.74 Å². The number of hydrogen-bond acceptors (Lipinski definition) is 6. The maximum absolute atomic E-state index is 9.95. The van der Waals surface area contributed by atoms with Crippen LogP contribution in [-0.4, -0.2) is 47.3 Å². The second-order valence-corrected chi connectivity index (χ2v) is 4.33. The average molecular weight is 265 g/mol. The van der Waals surface area contributed by atoms with Gasteiger partial charge in [-0.25, -0.2) is 0 Å². The predicted molar refractivity (Wildman–Crippen MR) is 64.4 cm³/mol. The van der Waals surface area contributed by atoms with Crippen LogP contribution in [0, 0.1) is 11.3 Å². The fourth-order valence-corrected chi connectivity index (χ4v) is 2.17. The third-order valence-corrected chi connectivity index (χ3v) is 3.21. The molecule has 0 amide bonds. The van der Waals surface area contributed by atoms with Gasteiger partial charge < -0.3 is 24.8 Å². The van der Waals surface area contributed by atoms with Crippen LogP contribution in [0.2, 0.25) is 0 Å². The third kappa shape index (κ3) is 2.41. The highest BCUT2D eigenvalue weighted by atomic mass is 16.6. The first-order valence-corrected chi connectivity index (χ1v) is 5.82. The first-order chi connectivity index (χ1) is 9.12. The summed E-state index contributed by atoms with van der Waals surface area (Å²) in [5.41, 5.74) is 0.955. The Bertz CT molecular complexity index is 498. The zero-order valence-electron chi connectivity index (χ0n) is 10.4. The molecule has 3 N–H and O–H groups in total. The van der Waals surface area contributed by atoms with Crippen molar-refractivity contribution in [2.45, 2.75) is 24.4 Å². The molecule has 1 aromatic carbocycles. The highest BCUT2D eigenvalue weighted by Gasteiger charge is 2.43. The number of aliphatic hydroxyl groups excluding tert-OH is 3. The molecular weight excluding hydrogens is 250 g/mol. The quantitative estimate of drug-likeness (QED) is 0.694. The molecule has 0 aromatic heterocycles. The molecule has 6 heteroatoms. The van der Waals surface area contributed by atoms with Crippen molar-refractivity contribution in [1.29, 1.82) is 5.26 Å². The molecule has 102 valence electrons. The molecule has 1 saturated heterocycles. The van der Waals surface area contributed by atoms with Crippen molar-refractivity contribution < 1.29 is 24.8 Å². The molecule has 0 bridgehead atoms. The van der Waals surface area contributed by atoms with E-state index in [0.29, 0.717) is 16.9 Å². The molecule has 2 unspecified atom stereocenters. The molecular formula is C13H15NO5. The van der Waals surface area contributed by atoms with Gasteiger partial charge in [0.15, 0.2) is 0 Å². The maximum Gasteiger partial charge on any atom is 0.126 e. The van der Waals surface area contributed by atoms with E-state index in [0.717, 1.165) is 0 Å². The van der Waals surface area contributed by atoms with Gasteiger partial charge in [0, 0.05) is 5.56 Å². The van der Waals surface area contributed by atoms with Gasteiger partial charge in [0.25, 0.3) is 0 Å². The van der Waals surface area contributed by atoms with E-state index in [4.69, 9.17) is 19.8 Å². The van der Waals surface area contributed by atoms with E-state index in [1.54, 1.807) is 12.1 Å². The van der Waals surface area contributed by atoms with Gasteiger partial charge in [-0.05, 0) is 12.1 Å². The molecule has 0 aliphatic carbocycles. The van der Waals surface area contributed by atoms with Gasteiger partial charge in [-0.1, -0.05) is 6.07 Å². The summed E-state index contributed by atoms with van der Waals surface area (Å²) in [5, 5.41) is 37.6. The lowest BCUT2D eigenvalue weighted by atomic mass is 9.99. The summed E-state index contributed by atoms with van der Waals surface area (Å²) in [6.07, 6.45) is -3.94. The molecule has 0 radical (unpaired) electrons. The van der Waals surface area contributed by atoms with E-state index in [-0.39, 0.29) is 6.61 Å². The predicted octanol–water partition coefficient (Wildman–Crippen LogP) is -0.279. The molecule has 19 heavy (non-hydrogen) atoms. The standard InChI is InChI=1S/C13H15NO5/c1-18-9-4-7(5-14)2-3-8(9)13-12(17)11(16)10(6-15)19-13/h2-4,10-13,15-17H,6H2,1H3/t10-,11?,12?,13+/m1/s1. The molecule has 0 saturated carbocycles. The lowest BCUT2D eigenvalue weighted by Crippen LogP contribution is -2.32. The Morgan fingerprint density at radius 1 is 1.37 bits per heavy atom. The smallest absolute Gasteiger partial charge is 0.126 e. The first-order valence-electron chi connectivity index (χ1n) is 5.82. The van der Waals surface area contributed by atoms with Gasteiger partial charge in [-0.3, -0.25) is 0 Å². The van der Waals surface area contributed by atoms with E-state index in [1.807, 2.05) is 6.07 Å². The highest BCUT2D eigenvalue weighted by molar-refractivity contribution is 5.44. The van der Waals surface area contributed by atoms with Crippen LogP contribution in [0.1, 0.15) is 17.2 Å². The lowest BCUT2D eigenvalue weighted by molar-refractivity contribution is -0.0233. The molecule has 1 fully saturated rings. The number of methoxy groups -OCH3 is 1. The average Bonchev–Trinajstić information content (AvgIpc) is 2.74. The van der Waals surface area contributed by atoms with Crippen molar-refractivity contribution >= 4 is 0 Å². The zero-order chi connectivity index (χ0) is 14.0. The maximum atomic E-state index is 9.95. The molecule has 1 aromatic rings. The van der Waals surface area contributed by atoms with Crippen LogP contribution >= 0.6 is 0 Å². The summed E-state index contributed by atoms with van der Waals surface area (Å²) in [6, 6.07) is 6.70. The monoisotopic (exact) mass is 265 g/mol. The van der Waals surface area contributed by atoms with Crippen molar-refractivity contribution in [2.24, 2.45) is 0 Å². The summed E-state index contributed by atoms with van der Waals surface area (Å²) in [7, 11) is 1.45. The van der Waals surface area contributed by atoms with Crippen LogP contribution in [0.15, 0.2) is 18.2 Å². The number of aliphatic hydroxyl groups is 3. The molecule has 6 nitrogen and oxygen atoms in total. The number of nitriles is 1. The molecule has 2 rings (SSSR count). The van der Waals surface area contributed by atoms with Gasteiger partial charge in [-0.2, -0.15) is 5.26 Å². The third-order valence-electron chi connectivity index (χ3n) is 3.21. The minimum absolute atomic E-state index is 0.382. The van der Waals surface area contributed by atoms with E-state index >= 15 is 0 Å². The van der Waals surface area contributed by atoms with Crippen molar-refractivity contribution in [3.8, 4) is 11.8 Å². The van der Waals surface area contributed by atoms with Gasteiger partial charge in [0.05, 0.1) is 25.3 Å².